The Hall–Kier alpha value is -1.89. The number of carbonyl (C=O) groups excluding carboxylic acids is 1. The molecule has 2 aromatic rings. The van der Waals surface area contributed by atoms with Crippen LogP contribution in [0.25, 0.3) is 0 Å². The number of hydrogen-bond donors (Lipinski definition) is 1. The normalized spacial score (nSPS) is 10.4. The maximum atomic E-state index is 11.5. The molecule has 0 aliphatic rings. The van der Waals surface area contributed by atoms with Gasteiger partial charge in [0.2, 0.25) is 0 Å². The van der Waals surface area contributed by atoms with Gasteiger partial charge >= 0.3 is 5.97 Å². The van der Waals surface area contributed by atoms with Gasteiger partial charge in [0.25, 0.3) is 0 Å². The Balaban J connectivity index is 2.11. The summed E-state index contributed by atoms with van der Waals surface area (Å²) in [5.74, 6) is -0.398. The average molecular weight is 266 g/mol. The van der Waals surface area contributed by atoms with Crippen LogP contribution in [0.4, 0.5) is 10.8 Å². The number of esters is 1. The van der Waals surface area contributed by atoms with Crippen LogP contribution < -0.4 is 5.32 Å². The molecule has 0 aromatic carbocycles. The molecule has 6 nitrogen and oxygen atoms in total. The van der Waals surface area contributed by atoms with E-state index in [2.05, 4.69) is 15.4 Å². The van der Waals surface area contributed by atoms with Crippen LogP contribution in [0, 0.1) is 6.92 Å². The maximum absolute atomic E-state index is 11.5. The van der Waals surface area contributed by atoms with Crippen LogP contribution in [-0.2, 0) is 11.8 Å². The van der Waals surface area contributed by atoms with Crippen molar-refractivity contribution in [2.75, 3.05) is 11.9 Å². The summed E-state index contributed by atoms with van der Waals surface area (Å²) in [6.45, 7) is 4.02. The van der Waals surface area contributed by atoms with E-state index in [1.54, 1.807) is 17.0 Å². The first kappa shape index (κ1) is 12.6. The van der Waals surface area contributed by atoms with Crippen molar-refractivity contribution in [3.05, 3.63) is 23.0 Å². The zero-order chi connectivity index (χ0) is 13.1. The first-order valence-corrected chi connectivity index (χ1v) is 6.38. The van der Waals surface area contributed by atoms with Gasteiger partial charge in [-0.15, -0.1) is 11.3 Å². The summed E-state index contributed by atoms with van der Waals surface area (Å²) >= 11 is 1.36. The standard InChI is InChI=1S/C11H14N4O2S/c1-4-17-10(16)9-6-18-11(13-9)12-8-5-15(3)14-7(8)2/h5-6H,4H2,1-3H3,(H,12,13). The van der Waals surface area contributed by atoms with Crippen LogP contribution in [0.15, 0.2) is 11.6 Å². The van der Waals surface area contributed by atoms with Gasteiger partial charge < -0.3 is 10.1 Å². The van der Waals surface area contributed by atoms with Gasteiger partial charge in [-0.3, -0.25) is 4.68 Å². The highest BCUT2D eigenvalue weighted by Gasteiger charge is 2.12. The monoisotopic (exact) mass is 266 g/mol. The summed E-state index contributed by atoms with van der Waals surface area (Å²) in [4.78, 5) is 15.6. The first-order valence-electron chi connectivity index (χ1n) is 5.50. The molecule has 2 rings (SSSR count). The molecular formula is C11H14N4O2S. The minimum absolute atomic E-state index is 0.325. The number of hydrogen-bond acceptors (Lipinski definition) is 6. The third-order valence-corrected chi connectivity index (χ3v) is 3.00. The van der Waals surface area contributed by atoms with E-state index in [-0.39, 0.29) is 0 Å². The van der Waals surface area contributed by atoms with Gasteiger partial charge in [0.05, 0.1) is 18.0 Å². The Morgan fingerprint density at radius 2 is 2.39 bits per heavy atom. The van der Waals surface area contributed by atoms with Crippen molar-refractivity contribution >= 4 is 28.1 Å². The van der Waals surface area contributed by atoms with Gasteiger partial charge in [-0.05, 0) is 13.8 Å². The highest BCUT2D eigenvalue weighted by Crippen LogP contribution is 2.22. The molecule has 0 aliphatic heterocycles. The van der Waals surface area contributed by atoms with Crippen molar-refractivity contribution in [2.24, 2.45) is 7.05 Å². The van der Waals surface area contributed by atoms with E-state index in [0.29, 0.717) is 17.4 Å². The van der Waals surface area contributed by atoms with Gasteiger partial charge in [-0.2, -0.15) is 5.10 Å². The molecule has 18 heavy (non-hydrogen) atoms. The molecule has 0 radical (unpaired) electrons. The fourth-order valence-electron chi connectivity index (χ4n) is 1.47. The minimum Gasteiger partial charge on any atom is -0.461 e. The second-order valence-corrected chi connectivity index (χ2v) is 4.54. The van der Waals surface area contributed by atoms with Crippen molar-refractivity contribution in [3.63, 3.8) is 0 Å². The number of anilines is 2. The van der Waals surface area contributed by atoms with Gasteiger partial charge in [-0.1, -0.05) is 0 Å². The van der Waals surface area contributed by atoms with Gasteiger partial charge in [0.1, 0.15) is 0 Å². The van der Waals surface area contributed by atoms with Crippen LogP contribution in [0.5, 0.6) is 0 Å². The predicted octanol–water partition coefficient (Wildman–Crippen LogP) is 2.11. The summed E-state index contributed by atoms with van der Waals surface area (Å²) in [5.41, 5.74) is 2.08. The van der Waals surface area contributed by atoms with Crippen molar-refractivity contribution in [1.29, 1.82) is 0 Å². The van der Waals surface area contributed by atoms with E-state index >= 15 is 0 Å². The Bertz CT molecular complexity index is 561. The minimum atomic E-state index is -0.398. The molecule has 96 valence electrons. The molecule has 0 amide bonds. The van der Waals surface area contributed by atoms with E-state index in [4.69, 9.17) is 4.74 Å². The average Bonchev–Trinajstić information content (AvgIpc) is 2.88. The molecule has 0 spiro atoms. The molecule has 0 saturated carbocycles. The quantitative estimate of drug-likeness (QED) is 0.858. The van der Waals surface area contributed by atoms with Gasteiger partial charge in [-0.25, -0.2) is 9.78 Å². The number of carbonyl (C=O) groups is 1. The molecule has 0 saturated heterocycles. The molecule has 1 N–H and O–H groups in total. The molecular weight excluding hydrogens is 252 g/mol. The Morgan fingerprint density at radius 1 is 1.61 bits per heavy atom. The molecule has 0 unspecified atom stereocenters. The molecule has 0 aliphatic carbocycles. The van der Waals surface area contributed by atoms with E-state index in [9.17, 15) is 4.79 Å². The molecule has 2 aromatic heterocycles. The number of aromatic nitrogens is 3. The molecule has 2 heterocycles. The first-order chi connectivity index (χ1) is 8.60. The fourth-order valence-corrected chi connectivity index (χ4v) is 2.16. The third-order valence-electron chi connectivity index (χ3n) is 2.24. The zero-order valence-corrected chi connectivity index (χ0v) is 11.2. The van der Waals surface area contributed by atoms with Crippen molar-refractivity contribution in [1.82, 2.24) is 14.8 Å². The van der Waals surface area contributed by atoms with E-state index in [1.807, 2.05) is 20.2 Å². The number of thiazole rings is 1. The largest absolute Gasteiger partial charge is 0.461 e. The number of ether oxygens (including phenoxy) is 1. The van der Waals surface area contributed by atoms with Crippen LogP contribution in [-0.4, -0.2) is 27.3 Å². The summed E-state index contributed by atoms with van der Waals surface area (Å²) in [5, 5.41) is 9.66. The molecule has 0 atom stereocenters. The fraction of sp³-hybridized carbons (Fsp3) is 0.364. The smallest absolute Gasteiger partial charge is 0.357 e. The zero-order valence-electron chi connectivity index (χ0n) is 10.4. The highest BCUT2D eigenvalue weighted by atomic mass is 32.1. The number of aryl methyl sites for hydroxylation is 2. The van der Waals surface area contributed by atoms with Crippen LogP contribution in [0.1, 0.15) is 23.1 Å². The van der Waals surface area contributed by atoms with Gasteiger partial charge in [0.15, 0.2) is 10.8 Å². The van der Waals surface area contributed by atoms with Crippen LogP contribution in [0.3, 0.4) is 0 Å². The molecule has 0 fully saturated rings. The number of rotatable bonds is 4. The Labute approximate surface area is 109 Å². The SMILES string of the molecule is CCOC(=O)c1csc(Nc2cn(C)nc2C)n1. The topological polar surface area (TPSA) is 69.0 Å². The van der Waals surface area contributed by atoms with E-state index in [1.165, 1.54) is 11.3 Å². The van der Waals surface area contributed by atoms with Gasteiger partial charge in [0, 0.05) is 18.6 Å². The Morgan fingerprint density at radius 3 is 3.00 bits per heavy atom. The maximum Gasteiger partial charge on any atom is 0.357 e. The number of nitrogens with one attached hydrogen (secondary N) is 1. The Kier molecular flexibility index (Phi) is 3.61. The predicted molar refractivity (Wildman–Crippen MR) is 69.3 cm³/mol. The number of nitrogens with zero attached hydrogens (tertiary/aromatic N) is 3. The lowest BCUT2D eigenvalue weighted by atomic mass is 10.4. The highest BCUT2D eigenvalue weighted by molar-refractivity contribution is 7.14. The third kappa shape index (κ3) is 2.67. The summed E-state index contributed by atoms with van der Waals surface area (Å²) < 4.78 is 6.60. The van der Waals surface area contributed by atoms with Crippen LogP contribution in [0.2, 0.25) is 0 Å². The second-order valence-electron chi connectivity index (χ2n) is 3.69. The lowest BCUT2D eigenvalue weighted by Crippen LogP contribution is -2.05. The lowest BCUT2D eigenvalue weighted by Gasteiger charge is -1.99. The van der Waals surface area contributed by atoms with Crippen molar-refractivity contribution < 1.29 is 9.53 Å². The van der Waals surface area contributed by atoms with Crippen molar-refractivity contribution in [2.45, 2.75) is 13.8 Å². The van der Waals surface area contributed by atoms with Crippen LogP contribution >= 0.6 is 11.3 Å². The summed E-state index contributed by atoms with van der Waals surface area (Å²) in [6.07, 6.45) is 1.86. The van der Waals surface area contributed by atoms with E-state index < -0.39 is 5.97 Å². The summed E-state index contributed by atoms with van der Waals surface area (Å²) in [7, 11) is 1.85. The van der Waals surface area contributed by atoms with E-state index in [0.717, 1.165) is 11.4 Å². The second kappa shape index (κ2) is 5.18. The van der Waals surface area contributed by atoms with Crippen molar-refractivity contribution in [3.8, 4) is 0 Å². The molecule has 0 bridgehead atoms. The summed E-state index contributed by atoms with van der Waals surface area (Å²) in [6, 6.07) is 0. The lowest BCUT2D eigenvalue weighted by molar-refractivity contribution is 0.0520. The molecule has 7 heteroatoms.